The Morgan fingerprint density at radius 2 is 1.92 bits per heavy atom. The van der Waals surface area contributed by atoms with Gasteiger partial charge >= 0.3 is 0 Å². The summed E-state index contributed by atoms with van der Waals surface area (Å²) in [5, 5.41) is 4.12. The van der Waals surface area contributed by atoms with E-state index in [4.69, 9.17) is 16.3 Å². The molecule has 0 spiro atoms. The van der Waals surface area contributed by atoms with Crippen molar-refractivity contribution < 1.29 is 14.3 Å². The third-order valence-electron chi connectivity index (χ3n) is 4.21. The van der Waals surface area contributed by atoms with Gasteiger partial charge in [-0.2, -0.15) is 0 Å². The van der Waals surface area contributed by atoms with Crippen molar-refractivity contribution in [1.29, 1.82) is 0 Å². The molecule has 0 bridgehead atoms. The molecular formula is C19H21ClN2O3S. The van der Waals surface area contributed by atoms with Crippen molar-refractivity contribution in [2.75, 3.05) is 38.2 Å². The number of ether oxygens (including phenoxy) is 1. The summed E-state index contributed by atoms with van der Waals surface area (Å²) in [6.07, 6.45) is 0.810. The molecule has 3 rings (SSSR count). The second-order valence-electron chi connectivity index (χ2n) is 6.08. The fourth-order valence-corrected chi connectivity index (χ4v) is 3.90. The van der Waals surface area contributed by atoms with Gasteiger partial charge in [0.25, 0.3) is 0 Å². The van der Waals surface area contributed by atoms with E-state index in [1.165, 1.54) is 11.3 Å². The minimum atomic E-state index is -0.112. The van der Waals surface area contributed by atoms with E-state index < -0.39 is 0 Å². The summed E-state index contributed by atoms with van der Waals surface area (Å²) in [6, 6.07) is 8.66. The summed E-state index contributed by atoms with van der Waals surface area (Å²) in [6.45, 7) is 5.11. The van der Waals surface area contributed by atoms with E-state index in [1.54, 1.807) is 24.3 Å². The summed E-state index contributed by atoms with van der Waals surface area (Å²) in [5.41, 5.74) is 1.09. The van der Waals surface area contributed by atoms with Crippen molar-refractivity contribution in [1.82, 2.24) is 4.90 Å². The fourth-order valence-electron chi connectivity index (χ4n) is 2.76. The Balaban J connectivity index is 1.76. The van der Waals surface area contributed by atoms with Gasteiger partial charge in [0.2, 0.25) is 5.91 Å². The molecule has 1 amide bonds. The van der Waals surface area contributed by atoms with Crippen LogP contribution in [0.3, 0.4) is 0 Å². The Hall–Kier alpha value is -1.73. The summed E-state index contributed by atoms with van der Waals surface area (Å²) < 4.78 is 5.30. The molecule has 0 saturated carbocycles. The van der Waals surface area contributed by atoms with Gasteiger partial charge in [0.15, 0.2) is 5.78 Å². The van der Waals surface area contributed by atoms with Crippen LogP contribution in [0.2, 0.25) is 5.02 Å². The van der Waals surface area contributed by atoms with E-state index in [-0.39, 0.29) is 11.7 Å². The van der Waals surface area contributed by atoms with E-state index in [0.29, 0.717) is 40.9 Å². The highest BCUT2D eigenvalue weighted by Crippen LogP contribution is 2.31. The molecule has 0 atom stereocenters. The van der Waals surface area contributed by atoms with Gasteiger partial charge in [0, 0.05) is 28.6 Å². The molecule has 0 radical (unpaired) electrons. The van der Waals surface area contributed by atoms with Gasteiger partial charge in [-0.15, -0.1) is 11.3 Å². The Bertz CT molecular complexity index is 783. The van der Waals surface area contributed by atoms with Gasteiger partial charge < -0.3 is 10.1 Å². The highest BCUT2D eigenvalue weighted by atomic mass is 35.5. The molecule has 1 fully saturated rings. The van der Waals surface area contributed by atoms with Crippen LogP contribution in [0.5, 0.6) is 0 Å². The maximum absolute atomic E-state index is 12.9. The van der Waals surface area contributed by atoms with Crippen LogP contribution in [-0.2, 0) is 16.0 Å². The molecule has 2 aromatic rings. The predicted octanol–water partition coefficient (Wildman–Crippen LogP) is 3.47. The van der Waals surface area contributed by atoms with Crippen molar-refractivity contribution in [3.05, 3.63) is 51.4 Å². The number of anilines is 1. The van der Waals surface area contributed by atoms with E-state index >= 15 is 0 Å². The summed E-state index contributed by atoms with van der Waals surface area (Å²) in [4.78, 5) is 28.4. The van der Waals surface area contributed by atoms with Gasteiger partial charge in [-0.1, -0.05) is 18.5 Å². The van der Waals surface area contributed by atoms with E-state index in [9.17, 15) is 9.59 Å². The number of amides is 1. The van der Waals surface area contributed by atoms with E-state index in [0.717, 1.165) is 24.4 Å². The molecule has 7 heteroatoms. The Morgan fingerprint density at radius 1 is 1.23 bits per heavy atom. The molecule has 0 unspecified atom stereocenters. The lowest BCUT2D eigenvalue weighted by atomic mass is 10.0. The molecule has 1 aromatic carbocycles. The first kappa shape index (κ1) is 19.0. The number of morpholine rings is 1. The van der Waals surface area contributed by atoms with Gasteiger partial charge in [-0.3, -0.25) is 14.5 Å². The third kappa shape index (κ3) is 4.71. The van der Waals surface area contributed by atoms with Crippen LogP contribution < -0.4 is 5.32 Å². The number of rotatable bonds is 6. The first-order valence-corrected chi connectivity index (χ1v) is 9.79. The number of ketones is 1. The van der Waals surface area contributed by atoms with Crippen molar-refractivity contribution in [3.63, 3.8) is 0 Å². The number of halogens is 1. The highest BCUT2D eigenvalue weighted by molar-refractivity contribution is 7.16. The molecular weight excluding hydrogens is 372 g/mol. The second-order valence-corrected chi connectivity index (χ2v) is 7.65. The smallest absolute Gasteiger partial charge is 0.239 e. The van der Waals surface area contributed by atoms with Gasteiger partial charge in [-0.05, 0) is 36.8 Å². The van der Waals surface area contributed by atoms with Crippen LogP contribution in [0, 0.1) is 0 Å². The Kier molecular flexibility index (Phi) is 6.43. The maximum Gasteiger partial charge on any atom is 0.239 e. The Morgan fingerprint density at radius 3 is 2.58 bits per heavy atom. The van der Waals surface area contributed by atoms with Crippen molar-refractivity contribution in [2.45, 2.75) is 13.3 Å². The summed E-state index contributed by atoms with van der Waals surface area (Å²) in [7, 11) is 0. The molecule has 1 saturated heterocycles. The largest absolute Gasteiger partial charge is 0.379 e. The molecule has 138 valence electrons. The number of hydrogen-bond donors (Lipinski definition) is 1. The topological polar surface area (TPSA) is 58.6 Å². The van der Waals surface area contributed by atoms with Crippen LogP contribution in [0.15, 0.2) is 30.3 Å². The molecule has 5 nitrogen and oxygen atoms in total. The van der Waals surface area contributed by atoms with Crippen LogP contribution in [0.4, 0.5) is 5.00 Å². The average Bonchev–Trinajstić information content (AvgIpc) is 3.05. The number of hydrogen-bond acceptors (Lipinski definition) is 5. The molecule has 26 heavy (non-hydrogen) atoms. The number of carbonyl (C=O) groups excluding carboxylic acids is 2. The minimum Gasteiger partial charge on any atom is -0.379 e. The zero-order chi connectivity index (χ0) is 18.5. The van der Waals surface area contributed by atoms with Crippen molar-refractivity contribution in [3.8, 4) is 0 Å². The standard InChI is InChI=1S/C19H21ClN2O3S/c1-2-15-11-16(18(24)13-3-5-14(20)6-4-13)19(26-15)21-17(23)12-22-7-9-25-10-8-22/h3-6,11H,2,7-10,12H2,1H3,(H,21,23). The van der Waals surface area contributed by atoms with Gasteiger partial charge in [0.1, 0.15) is 5.00 Å². The number of carbonyl (C=O) groups is 2. The Labute approximate surface area is 161 Å². The van der Waals surface area contributed by atoms with Gasteiger partial charge in [-0.25, -0.2) is 0 Å². The number of aryl methyl sites for hydroxylation is 1. The zero-order valence-electron chi connectivity index (χ0n) is 14.6. The molecule has 1 aliphatic heterocycles. The third-order valence-corrected chi connectivity index (χ3v) is 5.65. The van der Waals surface area contributed by atoms with E-state index in [1.807, 2.05) is 17.9 Å². The van der Waals surface area contributed by atoms with Crippen molar-refractivity contribution >= 4 is 39.6 Å². The summed E-state index contributed by atoms with van der Waals surface area (Å²) >= 11 is 7.36. The minimum absolute atomic E-state index is 0.110. The normalized spacial score (nSPS) is 15.0. The highest BCUT2D eigenvalue weighted by Gasteiger charge is 2.20. The van der Waals surface area contributed by atoms with Crippen LogP contribution in [-0.4, -0.2) is 49.4 Å². The SMILES string of the molecule is CCc1cc(C(=O)c2ccc(Cl)cc2)c(NC(=O)CN2CCOCC2)s1. The molecule has 1 aromatic heterocycles. The first-order valence-electron chi connectivity index (χ1n) is 8.59. The number of nitrogens with one attached hydrogen (secondary N) is 1. The van der Waals surface area contributed by atoms with Gasteiger partial charge in [0.05, 0.1) is 25.3 Å². The van der Waals surface area contributed by atoms with E-state index in [2.05, 4.69) is 5.32 Å². The number of nitrogens with zero attached hydrogens (tertiary/aromatic N) is 1. The zero-order valence-corrected chi connectivity index (χ0v) is 16.2. The summed E-state index contributed by atoms with van der Waals surface area (Å²) in [5.74, 6) is -0.221. The predicted molar refractivity (Wildman–Crippen MR) is 104 cm³/mol. The number of benzene rings is 1. The maximum atomic E-state index is 12.9. The molecule has 1 N–H and O–H groups in total. The molecule has 2 heterocycles. The van der Waals surface area contributed by atoms with Crippen LogP contribution in [0.1, 0.15) is 27.7 Å². The quantitative estimate of drug-likeness (QED) is 0.765. The molecule has 0 aliphatic carbocycles. The average molecular weight is 393 g/mol. The lowest BCUT2D eigenvalue weighted by Gasteiger charge is -2.25. The molecule has 1 aliphatic rings. The first-order chi connectivity index (χ1) is 12.6. The lowest BCUT2D eigenvalue weighted by Crippen LogP contribution is -2.41. The fraction of sp³-hybridized carbons (Fsp3) is 0.368. The van der Waals surface area contributed by atoms with Crippen LogP contribution >= 0.6 is 22.9 Å². The van der Waals surface area contributed by atoms with Crippen LogP contribution in [0.25, 0.3) is 0 Å². The second kappa shape index (κ2) is 8.77. The van der Waals surface area contributed by atoms with Crippen molar-refractivity contribution in [2.24, 2.45) is 0 Å². The monoisotopic (exact) mass is 392 g/mol. The lowest BCUT2D eigenvalue weighted by molar-refractivity contribution is -0.118. The number of thiophene rings is 1.